The molecule has 2 aliphatic carbocycles. The number of alkyl halides is 2. The van der Waals surface area contributed by atoms with Crippen LogP contribution in [0.3, 0.4) is 0 Å². The molecule has 4 aliphatic rings. The first-order valence-corrected chi connectivity index (χ1v) is 13.1. The lowest BCUT2D eigenvalue weighted by molar-refractivity contribution is -0.143. The molecule has 206 valence electrons. The zero-order valence-corrected chi connectivity index (χ0v) is 22.6. The Balaban J connectivity index is 1.59. The van der Waals surface area contributed by atoms with Crippen molar-refractivity contribution in [3.8, 4) is 11.5 Å². The normalized spacial score (nSPS) is 33.8. The summed E-state index contributed by atoms with van der Waals surface area (Å²) in [6.07, 6.45) is 4.79. The summed E-state index contributed by atoms with van der Waals surface area (Å²) in [5.41, 5.74) is 1.24. The second-order valence-electron chi connectivity index (χ2n) is 10.3. The minimum absolute atomic E-state index is 0.0583. The molecule has 12 heteroatoms. The van der Waals surface area contributed by atoms with E-state index >= 15 is 0 Å². The number of phenolic OH excluding ortho intramolecular Hbond substituents is 1. The van der Waals surface area contributed by atoms with Crippen molar-refractivity contribution in [3.05, 3.63) is 41.5 Å². The van der Waals surface area contributed by atoms with E-state index in [-0.39, 0.29) is 37.3 Å². The van der Waals surface area contributed by atoms with Crippen molar-refractivity contribution in [3.63, 3.8) is 0 Å². The first kappa shape index (κ1) is 27.2. The van der Waals surface area contributed by atoms with Gasteiger partial charge < -0.3 is 14.9 Å². The molecule has 39 heavy (non-hydrogen) atoms. The van der Waals surface area contributed by atoms with Crippen molar-refractivity contribution in [2.75, 3.05) is 20.7 Å². The molecular weight excluding hydrogens is 551 g/mol. The van der Waals surface area contributed by atoms with Crippen LogP contribution in [0.15, 0.2) is 35.9 Å². The van der Waals surface area contributed by atoms with Crippen LogP contribution in [0.5, 0.6) is 11.5 Å². The van der Waals surface area contributed by atoms with Gasteiger partial charge in [0.25, 0.3) is 11.8 Å². The number of rotatable bonds is 6. The van der Waals surface area contributed by atoms with Gasteiger partial charge in [-0.15, -0.1) is 23.2 Å². The van der Waals surface area contributed by atoms with E-state index in [2.05, 4.69) is 0 Å². The van der Waals surface area contributed by atoms with Crippen molar-refractivity contribution >= 4 is 58.9 Å². The van der Waals surface area contributed by atoms with Crippen molar-refractivity contribution in [2.24, 2.45) is 23.7 Å². The quantitative estimate of drug-likeness (QED) is 0.298. The number of aliphatic carboxylic acids is 1. The van der Waals surface area contributed by atoms with E-state index in [0.29, 0.717) is 11.1 Å². The monoisotopic (exact) mass is 576 g/mol. The predicted molar refractivity (Wildman–Crippen MR) is 139 cm³/mol. The van der Waals surface area contributed by atoms with Gasteiger partial charge in [0.1, 0.15) is 0 Å². The van der Waals surface area contributed by atoms with Crippen LogP contribution in [-0.4, -0.2) is 80.1 Å². The summed E-state index contributed by atoms with van der Waals surface area (Å²) in [6.45, 7) is -0.250. The van der Waals surface area contributed by atoms with Gasteiger partial charge in [-0.2, -0.15) is 0 Å². The first-order valence-electron chi connectivity index (χ1n) is 12.4. The molecule has 10 nitrogen and oxygen atoms in total. The number of carboxylic acid groups (broad SMARTS) is 1. The maximum absolute atomic E-state index is 13.5. The Morgan fingerprint density at radius 3 is 2.54 bits per heavy atom. The number of fused-ring (bicyclic) bond motifs is 4. The average Bonchev–Trinajstić information content (AvgIpc) is 3.22. The van der Waals surface area contributed by atoms with Gasteiger partial charge >= 0.3 is 5.97 Å². The van der Waals surface area contributed by atoms with E-state index < -0.39 is 63.0 Å². The molecule has 6 atom stereocenters. The van der Waals surface area contributed by atoms with Gasteiger partial charge in [0.15, 0.2) is 21.2 Å². The average molecular weight is 577 g/mol. The minimum atomic E-state index is -1.89. The van der Waals surface area contributed by atoms with Gasteiger partial charge in [-0.1, -0.05) is 29.9 Å². The second kappa shape index (κ2) is 9.38. The number of carbonyl (C=O) groups excluding carboxylic acids is 4. The summed E-state index contributed by atoms with van der Waals surface area (Å²) in [4.78, 5) is 62.6. The van der Waals surface area contributed by atoms with Crippen molar-refractivity contribution in [2.45, 2.75) is 29.0 Å². The Bertz CT molecular complexity index is 1380. The molecule has 0 radical (unpaired) electrons. The molecule has 0 unspecified atom stereocenters. The maximum Gasteiger partial charge on any atom is 0.305 e. The molecule has 2 aliphatic heterocycles. The zero-order valence-electron chi connectivity index (χ0n) is 21.1. The smallest absolute Gasteiger partial charge is 0.305 e. The van der Waals surface area contributed by atoms with E-state index in [1.165, 1.54) is 20.2 Å². The number of phenols is 1. The minimum Gasteiger partial charge on any atom is -0.504 e. The molecule has 2 heterocycles. The Morgan fingerprint density at radius 1 is 1.15 bits per heavy atom. The maximum atomic E-state index is 13.5. The number of benzene rings is 1. The lowest BCUT2D eigenvalue weighted by atomic mass is 9.57. The highest BCUT2D eigenvalue weighted by Crippen LogP contribution is 2.63. The van der Waals surface area contributed by atoms with Crippen LogP contribution in [0.2, 0.25) is 0 Å². The highest BCUT2D eigenvalue weighted by atomic mass is 35.5. The third-order valence-corrected chi connectivity index (χ3v) is 9.83. The molecule has 2 N–H and O–H groups in total. The Morgan fingerprint density at radius 2 is 1.87 bits per heavy atom. The van der Waals surface area contributed by atoms with Crippen molar-refractivity contribution in [1.82, 2.24) is 9.80 Å². The van der Waals surface area contributed by atoms with Crippen LogP contribution in [0.1, 0.15) is 24.8 Å². The fourth-order valence-electron chi connectivity index (χ4n) is 6.49. The molecule has 0 bridgehead atoms. The number of ether oxygens (including phenoxy) is 1. The van der Waals surface area contributed by atoms with Gasteiger partial charge in [0, 0.05) is 19.5 Å². The number of hydrogen-bond donors (Lipinski definition) is 2. The van der Waals surface area contributed by atoms with Crippen LogP contribution < -0.4 is 4.74 Å². The summed E-state index contributed by atoms with van der Waals surface area (Å²) in [6, 6.07) is 4.66. The first-order chi connectivity index (χ1) is 18.4. The fraction of sp³-hybridized carbons (Fsp3) is 0.444. The summed E-state index contributed by atoms with van der Waals surface area (Å²) >= 11 is 14.1. The van der Waals surface area contributed by atoms with Crippen LogP contribution in [0.4, 0.5) is 0 Å². The predicted octanol–water partition coefficient (Wildman–Crippen LogP) is 2.41. The standard InChI is InChI=1S/C27H26Cl2N2O8/c1-30-24(37)26(28)12-16-14(5-6-15-21(16)23(36)31(22(15)35)10-9-20(33)34)17(27(26,29)25(30)38)7-3-13-4-8-18(32)19(11-13)39-2/h3-5,7-8,11,15-17,21,32H,6,9-10,12H2,1-2H3,(H,33,34)/t15-,16+,17-,21-,26+,27-/m0/s1. The molecule has 4 amide bonds. The van der Waals surface area contributed by atoms with Crippen LogP contribution in [0, 0.1) is 23.7 Å². The highest BCUT2D eigenvalue weighted by Gasteiger charge is 2.75. The van der Waals surface area contributed by atoms with E-state index in [4.69, 9.17) is 33.0 Å². The Labute approximate surface area is 233 Å². The lowest BCUT2D eigenvalue weighted by Crippen LogP contribution is -2.60. The van der Waals surface area contributed by atoms with Gasteiger partial charge in [0.05, 0.1) is 25.4 Å². The number of halogens is 2. The van der Waals surface area contributed by atoms with Gasteiger partial charge in [-0.3, -0.25) is 33.8 Å². The number of imide groups is 2. The largest absolute Gasteiger partial charge is 0.504 e. The van der Waals surface area contributed by atoms with Crippen molar-refractivity contribution < 1.29 is 38.9 Å². The molecule has 1 aromatic rings. The number of likely N-dealkylation sites (tertiary alicyclic amines) is 2. The molecule has 0 aromatic heterocycles. The number of methoxy groups -OCH3 is 1. The van der Waals surface area contributed by atoms with Crippen LogP contribution in [-0.2, 0) is 24.0 Å². The number of amides is 4. The molecule has 1 aromatic carbocycles. The summed E-state index contributed by atoms with van der Waals surface area (Å²) in [5.74, 6) is -6.45. The van der Waals surface area contributed by atoms with Crippen LogP contribution in [0.25, 0.3) is 6.08 Å². The van der Waals surface area contributed by atoms with E-state index in [9.17, 15) is 29.1 Å². The number of carbonyl (C=O) groups is 5. The SMILES string of the molecule is COc1cc(C=C[C@H]2C3=CC[C@@H]4C(=O)N(CCC(=O)O)C(=O)[C@@H]4[C@@H]3C[C@@]3(Cl)C(=O)N(C)C(=O)[C@@]23Cl)ccc1O. The van der Waals surface area contributed by atoms with E-state index in [0.717, 1.165) is 9.80 Å². The molecular formula is C27H26Cl2N2O8. The molecule has 1 saturated carbocycles. The third-order valence-electron chi connectivity index (χ3n) is 8.40. The summed E-state index contributed by atoms with van der Waals surface area (Å²) in [7, 11) is 2.72. The summed E-state index contributed by atoms with van der Waals surface area (Å²) in [5, 5.41) is 19.0. The Hall–Kier alpha value is -3.37. The molecule has 5 rings (SSSR count). The van der Waals surface area contributed by atoms with E-state index in [1.54, 1.807) is 30.4 Å². The second-order valence-corrected chi connectivity index (χ2v) is 11.5. The molecule has 0 spiro atoms. The summed E-state index contributed by atoms with van der Waals surface area (Å²) < 4.78 is 5.17. The van der Waals surface area contributed by atoms with E-state index in [1.807, 2.05) is 0 Å². The highest BCUT2D eigenvalue weighted by molar-refractivity contribution is 6.53. The topological polar surface area (TPSA) is 142 Å². The zero-order chi connectivity index (χ0) is 28.4. The number of carboxylic acids is 1. The number of nitrogens with zero attached hydrogens (tertiary/aromatic N) is 2. The number of aromatic hydroxyl groups is 1. The Kier molecular flexibility index (Phi) is 6.54. The lowest BCUT2D eigenvalue weighted by Gasteiger charge is -2.49. The number of hydrogen-bond acceptors (Lipinski definition) is 7. The van der Waals surface area contributed by atoms with Gasteiger partial charge in [0.2, 0.25) is 11.8 Å². The molecule has 3 fully saturated rings. The molecule has 2 saturated heterocycles. The van der Waals surface area contributed by atoms with Gasteiger partial charge in [-0.25, -0.2) is 0 Å². The van der Waals surface area contributed by atoms with Gasteiger partial charge in [-0.05, 0) is 36.5 Å². The number of allylic oxidation sites excluding steroid dienone is 3. The third kappa shape index (κ3) is 3.79. The van der Waals surface area contributed by atoms with Crippen LogP contribution >= 0.6 is 23.2 Å². The fourth-order valence-corrected chi connectivity index (χ4v) is 7.47. The van der Waals surface area contributed by atoms with Crippen molar-refractivity contribution in [1.29, 1.82) is 0 Å².